The minimum atomic E-state index is 0.344. The fourth-order valence-corrected chi connectivity index (χ4v) is 1.49. The molecular formula is C13H20BrNO. The van der Waals surface area contributed by atoms with Crippen molar-refractivity contribution in [3.8, 4) is 5.88 Å². The average Bonchev–Trinajstić information content (AvgIpc) is 2.31. The van der Waals surface area contributed by atoms with Crippen molar-refractivity contribution in [2.75, 3.05) is 7.11 Å². The van der Waals surface area contributed by atoms with Crippen LogP contribution in [0.1, 0.15) is 27.7 Å². The molecule has 2 nitrogen and oxygen atoms in total. The third-order valence-electron chi connectivity index (χ3n) is 1.82. The largest absolute Gasteiger partial charge is 0.481 e. The lowest BCUT2D eigenvalue weighted by Crippen LogP contribution is -2.28. The number of alkyl halides is 1. The molecule has 0 saturated carbocycles. The van der Waals surface area contributed by atoms with Gasteiger partial charge >= 0.3 is 0 Å². The van der Waals surface area contributed by atoms with Gasteiger partial charge < -0.3 is 4.74 Å². The van der Waals surface area contributed by atoms with Crippen LogP contribution in [0.3, 0.4) is 0 Å². The molecule has 0 aliphatic rings. The van der Waals surface area contributed by atoms with Crippen molar-refractivity contribution in [3.63, 3.8) is 0 Å². The summed E-state index contributed by atoms with van der Waals surface area (Å²) in [4.78, 5) is 4.68. The minimum absolute atomic E-state index is 0.344. The molecular weight excluding hydrogens is 266 g/mol. The first-order valence-corrected chi connectivity index (χ1v) is 6.42. The van der Waals surface area contributed by atoms with E-state index in [2.05, 4.69) is 33.9 Å². The van der Waals surface area contributed by atoms with E-state index in [0.717, 1.165) is 10.6 Å². The molecule has 16 heavy (non-hydrogen) atoms. The summed E-state index contributed by atoms with van der Waals surface area (Å²) in [5.41, 5.74) is 0. The lowest BCUT2D eigenvalue weighted by molar-refractivity contribution is 0.396. The van der Waals surface area contributed by atoms with E-state index in [1.807, 2.05) is 39.0 Å². The molecule has 1 rings (SSSR count). The summed E-state index contributed by atoms with van der Waals surface area (Å²) in [6, 6.07) is 3.88. The van der Waals surface area contributed by atoms with Gasteiger partial charge in [0.1, 0.15) is 0 Å². The molecule has 0 saturated heterocycles. The van der Waals surface area contributed by atoms with E-state index in [1.165, 1.54) is 0 Å². The van der Waals surface area contributed by atoms with Gasteiger partial charge in [-0.1, -0.05) is 41.9 Å². The second-order valence-electron chi connectivity index (χ2n) is 2.96. The standard InChI is InChI=1S/C11H14BrNO.C2H6/c1-4-10-9(7-8(2)12)5-6-11(13-10)14-3;1-2/h4-8H,1-3H3;1-2H3/b9-7-,10-4+;. The Labute approximate surface area is 106 Å². The second kappa shape index (κ2) is 8.34. The highest BCUT2D eigenvalue weighted by Crippen LogP contribution is 1.99. The topological polar surface area (TPSA) is 22.1 Å². The van der Waals surface area contributed by atoms with Gasteiger partial charge in [0.25, 0.3) is 0 Å². The molecule has 0 aliphatic heterocycles. The van der Waals surface area contributed by atoms with Crippen LogP contribution < -0.4 is 15.3 Å². The van der Waals surface area contributed by atoms with Gasteiger partial charge in [-0.25, -0.2) is 4.98 Å². The Morgan fingerprint density at radius 1 is 1.38 bits per heavy atom. The molecule has 3 heteroatoms. The number of ether oxygens (including phenoxy) is 1. The number of hydrogen-bond donors (Lipinski definition) is 0. The first-order chi connectivity index (χ1) is 7.67. The van der Waals surface area contributed by atoms with Gasteiger partial charge in [-0.2, -0.15) is 0 Å². The van der Waals surface area contributed by atoms with Crippen molar-refractivity contribution < 1.29 is 4.74 Å². The molecule has 1 heterocycles. The van der Waals surface area contributed by atoms with Gasteiger partial charge in [0.05, 0.1) is 12.5 Å². The maximum Gasteiger partial charge on any atom is 0.213 e. The average molecular weight is 286 g/mol. The maximum absolute atomic E-state index is 5.06. The van der Waals surface area contributed by atoms with Crippen LogP contribution in [0.15, 0.2) is 12.1 Å². The zero-order valence-corrected chi connectivity index (χ0v) is 12.2. The van der Waals surface area contributed by atoms with E-state index in [0.29, 0.717) is 10.7 Å². The molecule has 1 atom stereocenters. The molecule has 0 N–H and O–H groups in total. The fourth-order valence-electron chi connectivity index (χ4n) is 1.20. The second-order valence-corrected chi connectivity index (χ2v) is 4.41. The Bertz CT molecular complexity index is 412. The quantitative estimate of drug-likeness (QED) is 0.779. The predicted octanol–water partition coefficient (Wildman–Crippen LogP) is 2.48. The van der Waals surface area contributed by atoms with E-state index < -0.39 is 0 Å². The highest BCUT2D eigenvalue weighted by molar-refractivity contribution is 9.09. The van der Waals surface area contributed by atoms with Crippen molar-refractivity contribution in [2.24, 2.45) is 0 Å². The van der Waals surface area contributed by atoms with E-state index >= 15 is 0 Å². The zero-order valence-electron chi connectivity index (χ0n) is 10.6. The smallest absolute Gasteiger partial charge is 0.213 e. The van der Waals surface area contributed by atoms with Crippen LogP contribution in [0.4, 0.5) is 0 Å². The number of hydrogen-bond acceptors (Lipinski definition) is 2. The first kappa shape index (κ1) is 15.2. The van der Waals surface area contributed by atoms with Crippen molar-refractivity contribution in [1.29, 1.82) is 0 Å². The van der Waals surface area contributed by atoms with Crippen LogP contribution in [0, 0.1) is 0 Å². The van der Waals surface area contributed by atoms with Crippen LogP contribution >= 0.6 is 15.9 Å². The van der Waals surface area contributed by atoms with Crippen molar-refractivity contribution >= 4 is 28.1 Å². The highest BCUT2D eigenvalue weighted by atomic mass is 79.9. The summed E-state index contributed by atoms with van der Waals surface area (Å²) in [5.74, 6) is 0.650. The van der Waals surface area contributed by atoms with Gasteiger partial charge in [0.15, 0.2) is 0 Å². The number of pyridine rings is 1. The number of nitrogens with zero attached hydrogens (tertiary/aromatic N) is 1. The van der Waals surface area contributed by atoms with Crippen LogP contribution in [-0.2, 0) is 0 Å². The summed E-state index contributed by atoms with van der Waals surface area (Å²) in [7, 11) is 1.62. The Kier molecular flexibility index (Phi) is 7.90. The zero-order chi connectivity index (χ0) is 12.6. The molecule has 1 aromatic rings. The molecule has 90 valence electrons. The lowest BCUT2D eigenvalue weighted by atomic mass is 10.3. The Morgan fingerprint density at radius 3 is 2.44 bits per heavy atom. The van der Waals surface area contributed by atoms with Gasteiger partial charge in [-0.15, -0.1) is 0 Å². The van der Waals surface area contributed by atoms with Crippen LogP contribution in [0.5, 0.6) is 5.88 Å². The van der Waals surface area contributed by atoms with Gasteiger partial charge in [0, 0.05) is 10.9 Å². The molecule has 0 amide bonds. The minimum Gasteiger partial charge on any atom is -0.481 e. The molecule has 0 radical (unpaired) electrons. The summed E-state index contributed by atoms with van der Waals surface area (Å²) in [5, 5.41) is 2.08. The molecule has 0 aromatic carbocycles. The number of methoxy groups -OCH3 is 1. The first-order valence-electron chi connectivity index (χ1n) is 5.50. The van der Waals surface area contributed by atoms with E-state index in [4.69, 9.17) is 4.74 Å². The number of aromatic nitrogens is 1. The third-order valence-corrected chi connectivity index (χ3v) is 2.09. The van der Waals surface area contributed by atoms with Gasteiger partial charge in [0.2, 0.25) is 5.88 Å². The van der Waals surface area contributed by atoms with Gasteiger partial charge in [-0.05, 0) is 25.1 Å². The normalized spacial score (nSPS) is 14.1. The fraction of sp³-hybridized carbons (Fsp3) is 0.462. The Balaban J connectivity index is 0.00000106. The van der Waals surface area contributed by atoms with Gasteiger partial charge in [-0.3, -0.25) is 0 Å². The summed E-state index contributed by atoms with van der Waals surface area (Å²) in [6.07, 6.45) is 4.09. The summed E-state index contributed by atoms with van der Waals surface area (Å²) in [6.45, 7) is 8.04. The molecule has 1 unspecified atom stereocenters. The Morgan fingerprint density at radius 2 is 2.00 bits per heavy atom. The van der Waals surface area contributed by atoms with E-state index in [9.17, 15) is 0 Å². The lowest BCUT2D eigenvalue weighted by Gasteiger charge is -1.98. The number of halogens is 1. The van der Waals surface area contributed by atoms with Crippen LogP contribution in [0.25, 0.3) is 12.2 Å². The molecule has 1 aromatic heterocycles. The molecule has 0 spiro atoms. The van der Waals surface area contributed by atoms with Crippen molar-refractivity contribution in [2.45, 2.75) is 32.5 Å². The summed E-state index contributed by atoms with van der Waals surface area (Å²) < 4.78 is 5.06. The Hall–Kier alpha value is -0.830. The maximum atomic E-state index is 5.06. The predicted molar refractivity (Wildman–Crippen MR) is 74.4 cm³/mol. The van der Waals surface area contributed by atoms with E-state index in [-0.39, 0.29) is 0 Å². The van der Waals surface area contributed by atoms with Crippen molar-refractivity contribution in [1.82, 2.24) is 4.98 Å². The van der Waals surface area contributed by atoms with Crippen molar-refractivity contribution in [3.05, 3.63) is 22.7 Å². The van der Waals surface area contributed by atoms with Crippen LogP contribution in [0.2, 0.25) is 0 Å². The highest BCUT2D eigenvalue weighted by Gasteiger charge is 1.94. The molecule has 0 fully saturated rings. The molecule has 0 bridgehead atoms. The third kappa shape index (κ3) is 4.79. The monoisotopic (exact) mass is 285 g/mol. The summed E-state index contributed by atoms with van der Waals surface area (Å²) >= 11 is 3.48. The SMILES string of the molecule is C/C=c1/nc(OC)cc/c1=C/C(C)Br.CC. The van der Waals surface area contributed by atoms with E-state index in [1.54, 1.807) is 7.11 Å². The van der Waals surface area contributed by atoms with Crippen LogP contribution in [-0.4, -0.2) is 16.9 Å². The molecule has 0 aliphatic carbocycles. The number of rotatable bonds is 2.